The van der Waals surface area contributed by atoms with Gasteiger partial charge in [0.05, 0.1) is 22.5 Å². The largest absolute Gasteiger partial charge is 0.454 e. The Morgan fingerprint density at radius 3 is 2.13 bits per heavy atom. The molecule has 0 N–H and O–H groups in total. The van der Waals surface area contributed by atoms with Crippen LogP contribution in [0.2, 0.25) is 0 Å². The number of hydrogen-bond donors (Lipinski definition) is 0. The van der Waals surface area contributed by atoms with E-state index in [1.807, 2.05) is 39.8 Å². The Labute approximate surface area is 132 Å². The highest BCUT2D eigenvalue weighted by Gasteiger charge is 2.21. The number of furan rings is 1. The van der Waals surface area contributed by atoms with Crippen LogP contribution in [0.1, 0.15) is 22.9 Å². The summed E-state index contributed by atoms with van der Waals surface area (Å²) in [6.45, 7) is 7.56. The molecule has 116 valence electrons. The van der Waals surface area contributed by atoms with Crippen LogP contribution < -0.4 is 0 Å². The van der Waals surface area contributed by atoms with E-state index in [0.29, 0.717) is 11.3 Å². The lowest BCUT2D eigenvalue weighted by atomic mass is 10.0. The fourth-order valence-corrected chi connectivity index (χ4v) is 2.96. The summed E-state index contributed by atoms with van der Waals surface area (Å²) in [5.74, 6) is 2.17. The lowest BCUT2D eigenvalue weighted by Gasteiger charge is -2.00. The molecule has 4 aromatic heterocycles. The Kier molecular flexibility index (Phi) is 2.87. The van der Waals surface area contributed by atoms with E-state index in [1.54, 1.807) is 6.20 Å². The summed E-state index contributed by atoms with van der Waals surface area (Å²) >= 11 is 0. The van der Waals surface area contributed by atoms with Gasteiger partial charge in [0.25, 0.3) is 0 Å². The molecule has 6 heteroatoms. The molecule has 0 fully saturated rings. The lowest BCUT2D eigenvalue weighted by molar-refractivity contribution is 0.393. The fourth-order valence-electron chi connectivity index (χ4n) is 2.96. The molecular formula is C17H15N3O3. The Balaban J connectivity index is 1.99. The first-order chi connectivity index (χ1) is 11.1. The van der Waals surface area contributed by atoms with Crippen molar-refractivity contribution in [3.8, 4) is 22.5 Å². The van der Waals surface area contributed by atoms with Crippen LogP contribution >= 0.6 is 0 Å². The van der Waals surface area contributed by atoms with Crippen LogP contribution in [0.15, 0.2) is 31.8 Å². The molecule has 4 rings (SSSR count). The van der Waals surface area contributed by atoms with Gasteiger partial charge in [0, 0.05) is 17.8 Å². The third kappa shape index (κ3) is 1.98. The Morgan fingerprint density at radius 2 is 1.52 bits per heavy atom. The summed E-state index contributed by atoms with van der Waals surface area (Å²) in [4.78, 5) is 4.41. The average Bonchev–Trinajstić information content (AvgIpc) is 3.17. The van der Waals surface area contributed by atoms with Gasteiger partial charge in [-0.2, -0.15) is 0 Å². The van der Waals surface area contributed by atoms with Crippen LogP contribution in [-0.2, 0) is 0 Å². The Hall–Kier alpha value is -2.89. The molecule has 0 aromatic carbocycles. The predicted molar refractivity (Wildman–Crippen MR) is 84.0 cm³/mol. The maximum Gasteiger partial charge on any atom is 0.161 e. The molecule has 0 aliphatic rings. The van der Waals surface area contributed by atoms with Crippen LogP contribution in [0, 0.1) is 27.7 Å². The van der Waals surface area contributed by atoms with Gasteiger partial charge in [0.15, 0.2) is 5.58 Å². The minimum absolute atomic E-state index is 0.697. The van der Waals surface area contributed by atoms with Crippen LogP contribution in [0.25, 0.3) is 33.6 Å². The third-order valence-electron chi connectivity index (χ3n) is 3.99. The quantitative estimate of drug-likeness (QED) is 0.547. The van der Waals surface area contributed by atoms with Gasteiger partial charge >= 0.3 is 0 Å². The summed E-state index contributed by atoms with van der Waals surface area (Å²) in [5, 5.41) is 8.01. The molecule has 0 saturated heterocycles. The molecule has 0 aliphatic carbocycles. The van der Waals surface area contributed by atoms with E-state index < -0.39 is 0 Å². The lowest BCUT2D eigenvalue weighted by Crippen LogP contribution is -1.84. The van der Waals surface area contributed by atoms with Crippen molar-refractivity contribution < 1.29 is 13.5 Å². The standard InChI is InChI=1S/C17H15N3O3/c1-8-15(10(3)22-19-8)12-5-6-18-13-7-14(21-17(12)13)16-9(2)20-23-11(16)4/h5-7H,1-4H3. The highest BCUT2D eigenvalue weighted by molar-refractivity contribution is 5.93. The van der Waals surface area contributed by atoms with Crippen LogP contribution in [0.3, 0.4) is 0 Å². The number of hydrogen-bond acceptors (Lipinski definition) is 6. The normalized spacial score (nSPS) is 11.5. The van der Waals surface area contributed by atoms with Gasteiger partial charge < -0.3 is 13.5 Å². The topological polar surface area (TPSA) is 78.1 Å². The van der Waals surface area contributed by atoms with Crippen molar-refractivity contribution in [2.24, 2.45) is 0 Å². The van der Waals surface area contributed by atoms with E-state index >= 15 is 0 Å². The van der Waals surface area contributed by atoms with E-state index in [1.165, 1.54) is 0 Å². The minimum atomic E-state index is 0.697. The number of aryl methyl sites for hydroxylation is 4. The van der Waals surface area contributed by atoms with E-state index in [-0.39, 0.29) is 0 Å². The van der Waals surface area contributed by atoms with Gasteiger partial charge in [-0.3, -0.25) is 4.98 Å². The maximum absolute atomic E-state index is 6.11. The summed E-state index contributed by atoms with van der Waals surface area (Å²) < 4.78 is 16.6. The predicted octanol–water partition coefficient (Wildman–Crippen LogP) is 4.37. The first kappa shape index (κ1) is 13.8. The Morgan fingerprint density at radius 1 is 0.870 bits per heavy atom. The van der Waals surface area contributed by atoms with Crippen molar-refractivity contribution in [3.05, 3.63) is 41.2 Å². The van der Waals surface area contributed by atoms with Crippen LogP contribution in [-0.4, -0.2) is 15.3 Å². The molecule has 23 heavy (non-hydrogen) atoms. The number of rotatable bonds is 2. The fraction of sp³-hybridized carbons (Fsp3) is 0.235. The molecule has 0 atom stereocenters. The van der Waals surface area contributed by atoms with Gasteiger partial charge in [-0.05, 0) is 33.8 Å². The number of nitrogens with zero attached hydrogens (tertiary/aromatic N) is 3. The molecule has 0 bridgehead atoms. The van der Waals surface area contributed by atoms with Gasteiger partial charge in [0.2, 0.25) is 0 Å². The van der Waals surface area contributed by atoms with Crippen molar-refractivity contribution in [1.29, 1.82) is 0 Å². The second kappa shape index (κ2) is 4.81. The van der Waals surface area contributed by atoms with Crippen LogP contribution in [0.5, 0.6) is 0 Å². The first-order valence-electron chi connectivity index (χ1n) is 7.31. The van der Waals surface area contributed by atoms with Crippen molar-refractivity contribution in [3.63, 3.8) is 0 Å². The number of fused-ring (bicyclic) bond motifs is 1. The highest BCUT2D eigenvalue weighted by atomic mass is 16.5. The zero-order valence-electron chi connectivity index (χ0n) is 13.3. The SMILES string of the molecule is Cc1noc(C)c1-c1cc2nccc(-c3c(C)noc3C)c2o1. The monoisotopic (exact) mass is 309 g/mol. The molecule has 4 aromatic rings. The third-order valence-corrected chi connectivity index (χ3v) is 3.99. The minimum Gasteiger partial charge on any atom is -0.454 e. The van der Waals surface area contributed by atoms with E-state index in [4.69, 9.17) is 13.5 Å². The molecule has 0 radical (unpaired) electrons. The molecule has 6 nitrogen and oxygen atoms in total. The van der Waals surface area contributed by atoms with Crippen molar-refractivity contribution in [1.82, 2.24) is 15.3 Å². The molecular weight excluding hydrogens is 294 g/mol. The van der Waals surface area contributed by atoms with Gasteiger partial charge in [-0.15, -0.1) is 0 Å². The van der Waals surface area contributed by atoms with Crippen molar-refractivity contribution in [2.75, 3.05) is 0 Å². The smallest absolute Gasteiger partial charge is 0.161 e. The first-order valence-corrected chi connectivity index (χ1v) is 7.31. The molecule has 4 heterocycles. The molecule has 0 saturated carbocycles. The molecule has 0 unspecified atom stereocenters. The van der Waals surface area contributed by atoms with Crippen LogP contribution in [0.4, 0.5) is 0 Å². The highest BCUT2D eigenvalue weighted by Crippen LogP contribution is 2.37. The zero-order valence-corrected chi connectivity index (χ0v) is 13.3. The Bertz CT molecular complexity index is 984. The van der Waals surface area contributed by atoms with Gasteiger partial charge in [0.1, 0.15) is 22.8 Å². The molecule has 0 spiro atoms. The van der Waals surface area contributed by atoms with Gasteiger partial charge in [-0.25, -0.2) is 0 Å². The summed E-state index contributed by atoms with van der Waals surface area (Å²) in [6, 6.07) is 3.82. The summed E-state index contributed by atoms with van der Waals surface area (Å²) in [6.07, 6.45) is 1.76. The molecule has 0 amide bonds. The second-order valence-electron chi connectivity index (χ2n) is 5.58. The maximum atomic E-state index is 6.11. The number of pyridine rings is 1. The van der Waals surface area contributed by atoms with E-state index in [9.17, 15) is 0 Å². The van der Waals surface area contributed by atoms with Crippen molar-refractivity contribution in [2.45, 2.75) is 27.7 Å². The summed E-state index contributed by atoms with van der Waals surface area (Å²) in [7, 11) is 0. The van der Waals surface area contributed by atoms with E-state index in [0.717, 1.165) is 45.1 Å². The molecule has 0 aliphatic heterocycles. The van der Waals surface area contributed by atoms with E-state index in [2.05, 4.69) is 15.3 Å². The second-order valence-corrected chi connectivity index (χ2v) is 5.58. The summed E-state index contributed by atoms with van der Waals surface area (Å²) in [5.41, 5.74) is 5.83. The number of aromatic nitrogens is 3. The zero-order chi connectivity index (χ0) is 16.1. The average molecular weight is 309 g/mol. The van der Waals surface area contributed by atoms with Gasteiger partial charge in [-0.1, -0.05) is 10.3 Å². The van der Waals surface area contributed by atoms with Crippen molar-refractivity contribution >= 4 is 11.1 Å².